The lowest BCUT2D eigenvalue weighted by atomic mass is 9.72. The number of nitro benzene ring substituents is 1. The van der Waals surface area contributed by atoms with Gasteiger partial charge in [-0.1, -0.05) is 43.2 Å². The second-order valence-corrected chi connectivity index (χ2v) is 19.2. The van der Waals surface area contributed by atoms with Crippen LogP contribution in [0.1, 0.15) is 61.9 Å². The lowest BCUT2D eigenvalue weighted by Gasteiger charge is -2.39. The molecule has 332 valence electrons. The third-order valence-electron chi connectivity index (χ3n) is 12.0. The minimum absolute atomic E-state index is 0.0278. The molecule has 0 bridgehead atoms. The van der Waals surface area contributed by atoms with Crippen molar-refractivity contribution in [1.29, 1.82) is 0 Å². The number of piperazine rings is 1. The number of nitro groups is 1. The summed E-state index contributed by atoms with van der Waals surface area (Å²) in [5.41, 5.74) is 2.49. The topological polar surface area (TPSA) is 169 Å². The summed E-state index contributed by atoms with van der Waals surface area (Å²) in [7, 11) is -4.74. The fraction of sp³-hybridized carbons (Fsp3) is 0.378. The number of anilines is 1. The molecule has 3 aliphatic rings. The molecule has 2 saturated heterocycles. The third-order valence-corrected chi connectivity index (χ3v) is 13.6. The molecule has 2 N–H and O–H groups in total. The molecule has 3 heterocycles. The number of rotatable bonds is 13. The summed E-state index contributed by atoms with van der Waals surface area (Å²) in [5.74, 6) is -2.12. The first kappa shape index (κ1) is 44.0. The second kappa shape index (κ2) is 17.9. The zero-order chi connectivity index (χ0) is 44.5. The number of benzene rings is 4. The van der Waals surface area contributed by atoms with E-state index in [1.54, 1.807) is 12.1 Å². The quantitative estimate of drug-likeness (QED) is 0.0855. The van der Waals surface area contributed by atoms with Crippen LogP contribution >= 0.6 is 11.6 Å². The highest BCUT2D eigenvalue weighted by Gasteiger charge is 2.35. The van der Waals surface area contributed by atoms with Crippen LogP contribution in [0.15, 0.2) is 89.5 Å². The fourth-order valence-electron chi connectivity index (χ4n) is 8.32. The number of hydrogen-bond donors (Lipinski definition) is 2. The lowest BCUT2D eigenvalue weighted by Crippen LogP contribution is -2.47. The zero-order valence-corrected chi connectivity index (χ0v) is 36.4. The number of carbonyl (C=O) groups is 1. The number of hydrogen-bond acceptors (Lipinski definition) is 11. The first-order valence-electron chi connectivity index (χ1n) is 20.7. The van der Waals surface area contributed by atoms with Crippen LogP contribution < -0.4 is 19.1 Å². The Morgan fingerprint density at radius 3 is 2.46 bits per heavy atom. The Kier molecular flexibility index (Phi) is 12.5. The van der Waals surface area contributed by atoms with Gasteiger partial charge in [-0.15, -0.1) is 0 Å². The SMILES string of the molecule is CC1(C)CCC(CN2CCN(c3ccc(C(=O)NS(=O)(=O)c4ccc(OCC5(F)CCOCC5)c([N+](=O)[O-])c4)c(Oc4cc(F)cc5[nH]ncc45)c3)CC2)=C(c2ccc(Cl)cc2)C1. The number of amides is 1. The van der Waals surface area contributed by atoms with Gasteiger partial charge in [0.1, 0.15) is 29.6 Å². The van der Waals surface area contributed by atoms with Crippen LogP contribution in [0.5, 0.6) is 17.2 Å². The fourth-order valence-corrected chi connectivity index (χ4v) is 9.43. The van der Waals surface area contributed by atoms with Gasteiger partial charge in [0, 0.05) is 87.7 Å². The predicted octanol–water partition coefficient (Wildman–Crippen LogP) is 8.86. The van der Waals surface area contributed by atoms with Gasteiger partial charge in [0.15, 0.2) is 5.75 Å². The molecule has 14 nitrogen and oxygen atoms in total. The van der Waals surface area contributed by atoms with Gasteiger partial charge in [-0.3, -0.25) is 24.9 Å². The van der Waals surface area contributed by atoms with Crippen molar-refractivity contribution in [2.75, 3.05) is 57.4 Å². The van der Waals surface area contributed by atoms with Gasteiger partial charge in [0.2, 0.25) is 0 Å². The van der Waals surface area contributed by atoms with E-state index in [-0.39, 0.29) is 54.3 Å². The number of nitrogens with zero attached hydrogens (tertiary/aromatic N) is 4. The van der Waals surface area contributed by atoms with Crippen LogP contribution in [-0.4, -0.2) is 92.6 Å². The van der Waals surface area contributed by atoms with E-state index in [0.29, 0.717) is 34.7 Å². The molecule has 18 heteroatoms. The maximum Gasteiger partial charge on any atom is 0.312 e. The lowest BCUT2D eigenvalue weighted by molar-refractivity contribution is -0.386. The molecule has 0 spiro atoms. The monoisotopic (exact) mass is 904 g/mol. The summed E-state index contributed by atoms with van der Waals surface area (Å²) in [5, 5.41) is 19.8. The average molecular weight is 905 g/mol. The van der Waals surface area contributed by atoms with Crippen LogP contribution in [-0.2, 0) is 14.8 Å². The van der Waals surface area contributed by atoms with E-state index in [0.717, 1.165) is 63.2 Å². The standard InChI is InChI=1S/C45H47ClF2N6O8S/c1-44(2)12-11-30(36(25-44)29-3-5-31(46)6-4-29)27-52-15-17-53(18-16-52)33-7-9-35(42(23-33)62-41-22-32(47)21-38-37(41)26-49-50-38)43(55)51-63(58,59)34-8-10-40(39(24-34)54(56)57)61-28-45(48)13-19-60-20-14-45/h3-10,21-24,26H,11-20,25,27-28H2,1-2H3,(H,49,50)(H,51,55). The van der Waals surface area contributed by atoms with E-state index in [4.69, 9.17) is 25.8 Å². The molecule has 8 rings (SSSR count). The number of fused-ring (bicyclic) bond motifs is 1. The van der Waals surface area contributed by atoms with Crippen molar-refractivity contribution in [1.82, 2.24) is 19.8 Å². The number of H-pyrrole nitrogens is 1. The number of ether oxygens (including phenoxy) is 3. The minimum Gasteiger partial charge on any atom is -0.483 e. The summed E-state index contributed by atoms with van der Waals surface area (Å²) in [6.07, 6.45) is 4.60. The Labute approximate surface area is 368 Å². The largest absolute Gasteiger partial charge is 0.483 e. The number of aromatic nitrogens is 2. The maximum atomic E-state index is 15.2. The van der Waals surface area contributed by atoms with Crippen molar-refractivity contribution < 1.29 is 41.1 Å². The third kappa shape index (κ3) is 10.1. The number of sulfonamides is 1. The highest BCUT2D eigenvalue weighted by molar-refractivity contribution is 7.90. The highest BCUT2D eigenvalue weighted by Crippen LogP contribution is 2.44. The van der Waals surface area contributed by atoms with Gasteiger partial charge in [-0.2, -0.15) is 5.10 Å². The number of halogens is 3. The van der Waals surface area contributed by atoms with Crippen molar-refractivity contribution in [3.63, 3.8) is 0 Å². The number of carbonyl (C=O) groups excluding carboxylic acids is 1. The molecule has 2 fully saturated rings. The molecule has 1 aromatic heterocycles. The molecular weight excluding hydrogens is 858 g/mol. The Morgan fingerprint density at radius 2 is 1.73 bits per heavy atom. The highest BCUT2D eigenvalue weighted by atomic mass is 35.5. The normalized spacial score (nSPS) is 18.0. The van der Waals surface area contributed by atoms with Crippen LogP contribution in [0.25, 0.3) is 16.5 Å². The molecule has 4 aromatic carbocycles. The van der Waals surface area contributed by atoms with Gasteiger partial charge < -0.3 is 19.1 Å². The van der Waals surface area contributed by atoms with Crippen LogP contribution in [0.2, 0.25) is 5.02 Å². The summed E-state index contributed by atoms with van der Waals surface area (Å²) < 4.78 is 76.2. The zero-order valence-electron chi connectivity index (χ0n) is 34.8. The van der Waals surface area contributed by atoms with Crippen LogP contribution in [0, 0.1) is 21.3 Å². The average Bonchev–Trinajstić information content (AvgIpc) is 3.73. The molecule has 0 saturated carbocycles. The number of allylic oxidation sites excluding steroid dienone is 1. The van der Waals surface area contributed by atoms with Crippen molar-refractivity contribution in [2.24, 2.45) is 5.41 Å². The molecule has 0 atom stereocenters. The molecule has 1 amide bonds. The van der Waals surface area contributed by atoms with E-state index in [9.17, 15) is 27.7 Å². The number of nitrogens with one attached hydrogen (secondary N) is 2. The molecular formula is C45H47ClF2N6O8S. The first-order chi connectivity index (χ1) is 30.0. The predicted molar refractivity (Wildman–Crippen MR) is 234 cm³/mol. The smallest absolute Gasteiger partial charge is 0.312 e. The van der Waals surface area contributed by atoms with Crippen molar-refractivity contribution in [3.05, 3.63) is 117 Å². The van der Waals surface area contributed by atoms with Gasteiger partial charge in [0.05, 0.1) is 32.5 Å². The molecule has 1 aliphatic carbocycles. The molecule has 63 heavy (non-hydrogen) atoms. The molecule has 2 aliphatic heterocycles. The van der Waals surface area contributed by atoms with Crippen molar-refractivity contribution >= 4 is 55.4 Å². The van der Waals surface area contributed by atoms with Crippen molar-refractivity contribution in [3.8, 4) is 17.2 Å². The molecule has 0 unspecified atom stereocenters. The first-order valence-corrected chi connectivity index (χ1v) is 22.5. The van der Waals surface area contributed by atoms with E-state index < -0.39 is 49.5 Å². The summed E-state index contributed by atoms with van der Waals surface area (Å²) in [6, 6.07) is 18.0. The Morgan fingerprint density at radius 1 is 0.984 bits per heavy atom. The number of alkyl halides is 1. The van der Waals surface area contributed by atoms with E-state index in [2.05, 4.69) is 46.0 Å². The Balaban J connectivity index is 1.02. The van der Waals surface area contributed by atoms with Gasteiger partial charge in [0.25, 0.3) is 15.9 Å². The maximum absolute atomic E-state index is 15.2. The van der Waals surface area contributed by atoms with E-state index in [1.807, 2.05) is 16.9 Å². The van der Waals surface area contributed by atoms with E-state index in [1.165, 1.54) is 35.0 Å². The van der Waals surface area contributed by atoms with Gasteiger partial charge in [-0.25, -0.2) is 21.9 Å². The number of aromatic amines is 1. The minimum atomic E-state index is -4.74. The Hall–Kier alpha value is -5.62. The van der Waals surface area contributed by atoms with Gasteiger partial charge >= 0.3 is 5.69 Å². The summed E-state index contributed by atoms with van der Waals surface area (Å²) >= 11 is 6.22. The summed E-state index contributed by atoms with van der Waals surface area (Å²) in [4.78, 5) is 29.1. The van der Waals surface area contributed by atoms with Gasteiger partial charge in [-0.05, 0) is 78.3 Å². The molecule has 5 aromatic rings. The van der Waals surface area contributed by atoms with Crippen LogP contribution in [0.3, 0.4) is 0 Å². The Bertz CT molecular complexity index is 2680. The molecule has 0 radical (unpaired) electrons. The summed E-state index contributed by atoms with van der Waals surface area (Å²) in [6.45, 7) is 8.06. The second-order valence-electron chi connectivity index (χ2n) is 17.1. The van der Waals surface area contributed by atoms with Crippen LogP contribution in [0.4, 0.5) is 20.2 Å². The van der Waals surface area contributed by atoms with Crippen molar-refractivity contribution in [2.45, 2.75) is 56.5 Å². The van der Waals surface area contributed by atoms with E-state index >= 15 is 4.39 Å².